The summed E-state index contributed by atoms with van der Waals surface area (Å²) in [5.74, 6) is 1.63. The van der Waals surface area contributed by atoms with Crippen molar-refractivity contribution < 1.29 is 4.74 Å². The van der Waals surface area contributed by atoms with Gasteiger partial charge < -0.3 is 10.1 Å². The van der Waals surface area contributed by atoms with E-state index in [1.807, 2.05) is 0 Å². The van der Waals surface area contributed by atoms with Gasteiger partial charge in [0.1, 0.15) is 5.75 Å². The maximum atomic E-state index is 5.49. The number of fused-ring (bicyclic) bond motifs is 1. The third-order valence-corrected chi connectivity index (χ3v) is 4.05. The molecule has 1 aliphatic rings. The molecular weight excluding hydrogens is 246 g/mol. The first-order valence-corrected chi connectivity index (χ1v) is 7.21. The van der Waals surface area contributed by atoms with Gasteiger partial charge in [0.15, 0.2) is 0 Å². The molecule has 20 heavy (non-hydrogen) atoms. The second-order valence-electron chi connectivity index (χ2n) is 5.63. The molecule has 1 heterocycles. The highest BCUT2D eigenvalue weighted by Gasteiger charge is 2.19. The largest absolute Gasteiger partial charge is 0.496 e. The number of hydrogen-bond acceptors (Lipinski definition) is 2. The average Bonchev–Trinajstić information content (AvgIpc) is 2.47. The fourth-order valence-corrected chi connectivity index (χ4v) is 3.03. The summed E-state index contributed by atoms with van der Waals surface area (Å²) in [5, 5.41) is 3.54. The van der Waals surface area contributed by atoms with E-state index < -0.39 is 0 Å². The number of aryl methyl sites for hydroxylation is 1. The Hall–Kier alpha value is -1.96. The first-order valence-electron chi connectivity index (χ1n) is 7.21. The van der Waals surface area contributed by atoms with Crippen LogP contribution in [0.3, 0.4) is 0 Å². The van der Waals surface area contributed by atoms with Crippen molar-refractivity contribution in [3.8, 4) is 5.75 Å². The Bertz CT molecular complexity index is 606. The molecule has 1 atom stereocenters. The topological polar surface area (TPSA) is 21.3 Å². The SMILES string of the molecule is COc1ccc(C)cc1CC1CNc2ccccc2C1. The molecule has 1 aliphatic heterocycles. The molecule has 1 unspecified atom stereocenters. The van der Waals surface area contributed by atoms with Crippen LogP contribution in [0.5, 0.6) is 5.75 Å². The van der Waals surface area contributed by atoms with Crippen LogP contribution < -0.4 is 10.1 Å². The summed E-state index contributed by atoms with van der Waals surface area (Å²) in [5.41, 5.74) is 5.33. The zero-order chi connectivity index (χ0) is 13.9. The standard InChI is InChI=1S/C18H21NO/c1-13-7-8-18(20-2)16(9-13)11-14-10-15-5-3-4-6-17(15)19-12-14/h3-9,14,19H,10-12H2,1-2H3. The molecule has 0 bridgehead atoms. The van der Waals surface area contributed by atoms with Crippen LogP contribution in [0, 0.1) is 12.8 Å². The van der Waals surface area contributed by atoms with Crippen molar-refractivity contribution in [3.63, 3.8) is 0 Å². The van der Waals surface area contributed by atoms with Crippen LogP contribution >= 0.6 is 0 Å². The molecule has 0 amide bonds. The summed E-state index contributed by atoms with van der Waals surface area (Å²) in [4.78, 5) is 0. The van der Waals surface area contributed by atoms with Gasteiger partial charge in [-0.3, -0.25) is 0 Å². The van der Waals surface area contributed by atoms with Crippen molar-refractivity contribution in [2.75, 3.05) is 19.0 Å². The highest BCUT2D eigenvalue weighted by molar-refractivity contribution is 5.53. The molecule has 2 heteroatoms. The Labute approximate surface area is 120 Å². The monoisotopic (exact) mass is 267 g/mol. The van der Waals surface area contributed by atoms with Crippen molar-refractivity contribution in [2.45, 2.75) is 19.8 Å². The summed E-state index contributed by atoms with van der Waals surface area (Å²) < 4.78 is 5.49. The smallest absolute Gasteiger partial charge is 0.122 e. The molecule has 104 valence electrons. The molecule has 3 rings (SSSR count). The predicted molar refractivity (Wildman–Crippen MR) is 83.6 cm³/mol. The van der Waals surface area contributed by atoms with Crippen LogP contribution in [0.4, 0.5) is 5.69 Å². The summed E-state index contributed by atoms with van der Waals surface area (Å²) in [6, 6.07) is 15.0. The molecule has 2 aromatic rings. The Morgan fingerprint density at radius 2 is 2.05 bits per heavy atom. The van der Waals surface area contributed by atoms with Gasteiger partial charge in [0.05, 0.1) is 7.11 Å². The molecule has 0 aliphatic carbocycles. The van der Waals surface area contributed by atoms with Crippen LogP contribution in [0.25, 0.3) is 0 Å². The van der Waals surface area contributed by atoms with E-state index in [1.165, 1.54) is 22.4 Å². The molecule has 1 N–H and O–H groups in total. The second-order valence-corrected chi connectivity index (χ2v) is 5.63. The highest BCUT2D eigenvalue weighted by Crippen LogP contribution is 2.29. The molecule has 0 radical (unpaired) electrons. The maximum Gasteiger partial charge on any atom is 0.122 e. The number of para-hydroxylation sites is 1. The Balaban J connectivity index is 1.78. The summed E-state index contributed by atoms with van der Waals surface area (Å²) >= 11 is 0. The van der Waals surface area contributed by atoms with Gasteiger partial charge in [-0.1, -0.05) is 35.9 Å². The lowest BCUT2D eigenvalue weighted by Crippen LogP contribution is -2.24. The number of nitrogens with one attached hydrogen (secondary N) is 1. The molecule has 0 aromatic heterocycles. The second kappa shape index (κ2) is 5.58. The summed E-state index contributed by atoms with van der Waals surface area (Å²) in [7, 11) is 1.75. The number of ether oxygens (including phenoxy) is 1. The molecule has 2 aromatic carbocycles. The van der Waals surface area contributed by atoms with Crippen LogP contribution in [0.1, 0.15) is 16.7 Å². The van der Waals surface area contributed by atoms with Crippen molar-refractivity contribution in [1.82, 2.24) is 0 Å². The zero-order valence-electron chi connectivity index (χ0n) is 12.1. The van der Waals surface area contributed by atoms with E-state index in [9.17, 15) is 0 Å². The quantitative estimate of drug-likeness (QED) is 0.912. The maximum absolute atomic E-state index is 5.49. The molecule has 0 spiro atoms. The number of rotatable bonds is 3. The number of hydrogen-bond donors (Lipinski definition) is 1. The molecule has 2 nitrogen and oxygen atoms in total. The minimum Gasteiger partial charge on any atom is -0.496 e. The fraction of sp³-hybridized carbons (Fsp3) is 0.333. The lowest BCUT2D eigenvalue weighted by atomic mass is 9.88. The Morgan fingerprint density at radius 3 is 2.90 bits per heavy atom. The van der Waals surface area contributed by atoms with Crippen LogP contribution in [-0.4, -0.2) is 13.7 Å². The van der Waals surface area contributed by atoms with E-state index in [4.69, 9.17) is 4.74 Å². The Morgan fingerprint density at radius 1 is 1.20 bits per heavy atom. The highest BCUT2D eigenvalue weighted by atomic mass is 16.5. The third-order valence-electron chi connectivity index (χ3n) is 4.05. The van der Waals surface area contributed by atoms with E-state index in [2.05, 4.69) is 54.7 Å². The zero-order valence-corrected chi connectivity index (χ0v) is 12.1. The van der Waals surface area contributed by atoms with E-state index in [-0.39, 0.29) is 0 Å². The number of methoxy groups -OCH3 is 1. The van der Waals surface area contributed by atoms with E-state index >= 15 is 0 Å². The molecule has 0 fully saturated rings. The molecular formula is C18H21NO. The van der Waals surface area contributed by atoms with Gasteiger partial charge in [0, 0.05) is 12.2 Å². The van der Waals surface area contributed by atoms with Crippen LogP contribution in [0.15, 0.2) is 42.5 Å². The van der Waals surface area contributed by atoms with Gasteiger partial charge in [0.25, 0.3) is 0 Å². The predicted octanol–water partition coefficient (Wildman–Crippen LogP) is 3.83. The van der Waals surface area contributed by atoms with Crippen LogP contribution in [-0.2, 0) is 12.8 Å². The lowest BCUT2D eigenvalue weighted by Gasteiger charge is -2.26. The van der Waals surface area contributed by atoms with Gasteiger partial charge in [0.2, 0.25) is 0 Å². The van der Waals surface area contributed by atoms with Crippen molar-refractivity contribution in [1.29, 1.82) is 0 Å². The minimum absolute atomic E-state index is 0.626. The van der Waals surface area contributed by atoms with Crippen molar-refractivity contribution in [3.05, 3.63) is 59.2 Å². The van der Waals surface area contributed by atoms with Gasteiger partial charge in [-0.25, -0.2) is 0 Å². The first-order chi connectivity index (χ1) is 9.76. The van der Waals surface area contributed by atoms with Gasteiger partial charge in [-0.15, -0.1) is 0 Å². The van der Waals surface area contributed by atoms with Crippen molar-refractivity contribution >= 4 is 5.69 Å². The van der Waals surface area contributed by atoms with E-state index in [0.29, 0.717) is 5.92 Å². The lowest BCUT2D eigenvalue weighted by molar-refractivity contribution is 0.404. The molecule has 0 saturated heterocycles. The number of benzene rings is 2. The van der Waals surface area contributed by atoms with Gasteiger partial charge in [-0.2, -0.15) is 0 Å². The van der Waals surface area contributed by atoms with Gasteiger partial charge >= 0.3 is 0 Å². The summed E-state index contributed by atoms with van der Waals surface area (Å²) in [6.07, 6.45) is 2.20. The fourth-order valence-electron chi connectivity index (χ4n) is 3.03. The van der Waals surface area contributed by atoms with E-state index in [1.54, 1.807) is 7.11 Å². The first kappa shape index (κ1) is 13.0. The van der Waals surface area contributed by atoms with Crippen LogP contribution in [0.2, 0.25) is 0 Å². The average molecular weight is 267 g/mol. The normalized spacial score (nSPS) is 17.2. The number of anilines is 1. The minimum atomic E-state index is 0.626. The Kier molecular flexibility index (Phi) is 3.64. The van der Waals surface area contributed by atoms with Gasteiger partial charge in [-0.05, 0) is 48.9 Å². The molecule has 0 saturated carbocycles. The summed E-state index contributed by atoms with van der Waals surface area (Å²) in [6.45, 7) is 3.17. The third kappa shape index (κ3) is 2.64. The van der Waals surface area contributed by atoms with Crippen molar-refractivity contribution in [2.24, 2.45) is 5.92 Å². The van der Waals surface area contributed by atoms with E-state index in [0.717, 1.165) is 25.1 Å².